The Morgan fingerprint density at radius 2 is 1.20 bits per heavy atom. The molecule has 0 radical (unpaired) electrons. The number of halogens is 2. The molecule has 0 spiro atoms. The molecule has 1 N–H and O–H groups in total. The fraction of sp³-hybridized carbons (Fsp3) is 0.280. The average Bonchev–Trinajstić information content (AvgIpc) is 2.78. The molecule has 3 aromatic rings. The highest BCUT2D eigenvalue weighted by Gasteiger charge is 2.26. The van der Waals surface area contributed by atoms with E-state index in [-0.39, 0.29) is 24.3 Å². The Hall–Kier alpha value is -2.60. The zero-order valence-corrected chi connectivity index (χ0v) is 16.8. The average molecular weight is 408 g/mol. The van der Waals surface area contributed by atoms with Crippen molar-refractivity contribution in [2.24, 2.45) is 0 Å². The van der Waals surface area contributed by atoms with Gasteiger partial charge in [-0.25, -0.2) is 8.78 Å². The smallest absolute Gasteiger partial charge is 0.123 e. The molecule has 4 rings (SSSR count). The molecule has 0 aromatic heterocycles. The second kappa shape index (κ2) is 9.47. The van der Waals surface area contributed by atoms with E-state index in [1.54, 1.807) is 0 Å². The Kier molecular flexibility index (Phi) is 6.53. The first-order valence-electron chi connectivity index (χ1n) is 10.3. The summed E-state index contributed by atoms with van der Waals surface area (Å²) in [4.78, 5) is 4.76. The van der Waals surface area contributed by atoms with Crippen molar-refractivity contribution in [1.29, 1.82) is 0 Å². The number of rotatable bonds is 6. The van der Waals surface area contributed by atoms with E-state index in [4.69, 9.17) is 0 Å². The van der Waals surface area contributed by atoms with Crippen LogP contribution in [0.4, 0.5) is 8.78 Å². The molecule has 0 atom stereocenters. The minimum atomic E-state index is -0.260. The summed E-state index contributed by atoms with van der Waals surface area (Å²) in [5.41, 5.74) is 4.13. The fourth-order valence-electron chi connectivity index (χ4n) is 4.19. The molecule has 1 heterocycles. The Morgan fingerprint density at radius 1 is 0.700 bits per heavy atom. The highest BCUT2D eigenvalue weighted by atomic mass is 19.1. The summed E-state index contributed by atoms with van der Waals surface area (Å²) in [6.07, 6.45) is 0. The molecule has 3 nitrogen and oxygen atoms in total. The van der Waals surface area contributed by atoms with Crippen LogP contribution >= 0.6 is 0 Å². The lowest BCUT2D eigenvalue weighted by atomic mass is 9.96. The number of benzene rings is 3. The quantitative estimate of drug-likeness (QED) is 0.656. The van der Waals surface area contributed by atoms with Crippen molar-refractivity contribution in [2.75, 3.05) is 26.2 Å². The highest BCUT2D eigenvalue weighted by Crippen LogP contribution is 2.30. The SMILES string of the molecule is OCc1ccccc1CN1CCN(C(c2ccc(F)cc2)c2ccc(F)cc2)CC1. The summed E-state index contributed by atoms with van der Waals surface area (Å²) in [7, 11) is 0. The molecule has 3 aromatic carbocycles. The van der Waals surface area contributed by atoms with Gasteiger partial charge in [-0.2, -0.15) is 0 Å². The number of aliphatic hydroxyl groups excluding tert-OH is 1. The number of piperazine rings is 1. The topological polar surface area (TPSA) is 26.7 Å². The standard InChI is InChI=1S/C25H26F2N2O/c26-23-9-5-19(6-10-23)25(20-7-11-24(27)12-8-20)29-15-13-28(14-16-29)17-21-3-1-2-4-22(21)18-30/h1-12,25,30H,13-18H2. The zero-order chi connectivity index (χ0) is 20.9. The van der Waals surface area contributed by atoms with Gasteiger partial charge in [-0.3, -0.25) is 9.80 Å². The van der Waals surface area contributed by atoms with Crippen LogP contribution in [0.2, 0.25) is 0 Å². The van der Waals surface area contributed by atoms with Crippen molar-refractivity contribution in [3.8, 4) is 0 Å². The molecule has 1 aliphatic heterocycles. The zero-order valence-electron chi connectivity index (χ0n) is 16.8. The molecular weight excluding hydrogens is 382 g/mol. The predicted molar refractivity (Wildman–Crippen MR) is 114 cm³/mol. The third kappa shape index (κ3) is 4.75. The van der Waals surface area contributed by atoms with Gasteiger partial charge in [0.15, 0.2) is 0 Å². The largest absolute Gasteiger partial charge is 0.392 e. The summed E-state index contributed by atoms with van der Waals surface area (Å²) in [6, 6.07) is 21.1. The van der Waals surface area contributed by atoms with Crippen LogP contribution in [0.25, 0.3) is 0 Å². The van der Waals surface area contributed by atoms with E-state index in [0.29, 0.717) is 0 Å². The van der Waals surface area contributed by atoms with Gasteiger partial charge in [-0.05, 0) is 46.5 Å². The van der Waals surface area contributed by atoms with Crippen LogP contribution in [-0.4, -0.2) is 41.1 Å². The van der Waals surface area contributed by atoms with Crippen molar-refractivity contribution in [1.82, 2.24) is 9.80 Å². The van der Waals surface area contributed by atoms with Gasteiger partial charge in [0.2, 0.25) is 0 Å². The first-order chi connectivity index (χ1) is 14.6. The Balaban J connectivity index is 1.50. The lowest BCUT2D eigenvalue weighted by Crippen LogP contribution is -2.47. The van der Waals surface area contributed by atoms with Crippen LogP contribution in [0.5, 0.6) is 0 Å². The van der Waals surface area contributed by atoms with Crippen LogP contribution < -0.4 is 0 Å². The van der Waals surface area contributed by atoms with Gasteiger partial charge in [0, 0.05) is 32.7 Å². The third-order valence-electron chi connectivity index (χ3n) is 5.83. The number of nitrogens with zero attached hydrogens (tertiary/aromatic N) is 2. The molecule has 0 amide bonds. The van der Waals surface area contributed by atoms with E-state index in [0.717, 1.165) is 55.0 Å². The summed E-state index contributed by atoms with van der Waals surface area (Å²) in [5.74, 6) is -0.520. The molecule has 0 unspecified atom stereocenters. The van der Waals surface area contributed by atoms with Crippen molar-refractivity contribution in [3.05, 3.63) is 107 Å². The lowest BCUT2D eigenvalue weighted by Gasteiger charge is -2.40. The van der Waals surface area contributed by atoms with Crippen molar-refractivity contribution < 1.29 is 13.9 Å². The van der Waals surface area contributed by atoms with E-state index in [9.17, 15) is 13.9 Å². The molecule has 0 saturated carbocycles. The molecule has 1 aliphatic rings. The predicted octanol–water partition coefficient (Wildman–Crippen LogP) is 4.36. The number of aliphatic hydroxyl groups is 1. The first kappa shape index (κ1) is 20.7. The number of hydrogen-bond donors (Lipinski definition) is 1. The van der Waals surface area contributed by atoms with Gasteiger partial charge >= 0.3 is 0 Å². The van der Waals surface area contributed by atoms with Gasteiger partial charge in [0.05, 0.1) is 12.6 Å². The molecule has 0 bridgehead atoms. The summed E-state index contributed by atoms with van der Waals surface area (Å²) >= 11 is 0. The number of hydrogen-bond acceptors (Lipinski definition) is 3. The van der Waals surface area contributed by atoms with Crippen molar-refractivity contribution >= 4 is 0 Å². The van der Waals surface area contributed by atoms with Crippen molar-refractivity contribution in [3.63, 3.8) is 0 Å². The van der Waals surface area contributed by atoms with E-state index in [1.807, 2.05) is 42.5 Å². The molecule has 1 saturated heterocycles. The maximum absolute atomic E-state index is 13.5. The van der Waals surface area contributed by atoms with Gasteiger partial charge in [0.1, 0.15) is 11.6 Å². The molecule has 5 heteroatoms. The van der Waals surface area contributed by atoms with Crippen molar-refractivity contribution in [2.45, 2.75) is 19.2 Å². The fourth-order valence-corrected chi connectivity index (χ4v) is 4.19. The van der Waals surface area contributed by atoms with Gasteiger partial charge in [-0.1, -0.05) is 48.5 Å². The summed E-state index contributed by atoms with van der Waals surface area (Å²) < 4.78 is 27.0. The second-order valence-electron chi connectivity index (χ2n) is 7.74. The lowest BCUT2D eigenvalue weighted by molar-refractivity contribution is 0.104. The Labute approximate surface area is 176 Å². The van der Waals surface area contributed by atoms with Crippen LogP contribution in [0.3, 0.4) is 0 Å². The van der Waals surface area contributed by atoms with E-state index >= 15 is 0 Å². The normalized spacial score (nSPS) is 15.6. The molecule has 30 heavy (non-hydrogen) atoms. The Morgan fingerprint density at radius 3 is 1.70 bits per heavy atom. The molecule has 1 fully saturated rings. The third-order valence-corrected chi connectivity index (χ3v) is 5.83. The monoisotopic (exact) mass is 408 g/mol. The maximum atomic E-state index is 13.5. The van der Waals surface area contributed by atoms with E-state index in [1.165, 1.54) is 24.3 Å². The van der Waals surface area contributed by atoms with Crippen LogP contribution in [0, 0.1) is 11.6 Å². The minimum Gasteiger partial charge on any atom is -0.392 e. The van der Waals surface area contributed by atoms with Crippen LogP contribution in [0.15, 0.2) is 72.8 Å². The second-order valence-corrected chi connectivity index (χ2v) is 7.74. The van der Waals surface area contributed by atoms with Gasteiger partial charge in [0.25, 0.3) is 0 Å². The summed E-state index contributed by atoms with van der Waals surface area (Å²) in [6.45, 7) is 4.33. The first-order valence-corrected chi connectivity index (χ1v) is 10.3. The highest BCUT2D eigenvalue weighted by molar-refractivity contribution is 5.32. The van der Waals surface area contributed by atoms with Crippen LogP contribution in [-0.2, 0) is 13.2 Å². The molecule has 0 aliphatic carbocycles. The van der Waals surface area contributed by atoms with Gasteiger partial charge < -0.3 is 5.11 Å². The Bertz CT molecular complexity index is 906. The van der Waals surface area contributed by atoms with Gasteiger partial charge in [-0.15, -0.1) is 0 Å². The summed E-state index contributed by atoms with van der Waals surface area (Å²) in [5, 5.41) is 9.57. The molecular formula is C25H26F2N2O. The van der Waals surface area contributed by atoms with Crippen LogP contribution in [0.1, 0.15) is 28.3 Å². The van der Waals surface area contributed by atoms with E-state index in [2.05, 4.69) is 15.9 Å². The van der Waals surface area contributed by atoms with E-state index < -0.39 is 0 Å². The minimum absolute atomic E-state index is 0.0434. The molecule has 156 valence electrons. The maximum Gasteiger partial charge on any atom is 0.123 e.